The van der Waals surface area contributed by atoms with Crippen LogP contribution >= 0.6 is 0 Å². The summed E-state index contributed by atoms with van der Waals surface area (Å²) in [5.41, 5.74) is 0.638. The van der Waals surface area contributed by atoms with Crippen molar-refractivity contribution in [3.8, 4) is 0 Å². The van der Waals surface area contributed by atoms with E-state index in [1.165, 1.54) is 0 Å². The van der Waals surface area contributed by atoms with Crippen LogP contribution in [0.2, 0.25) is 0 Å². The Morgan fingerprint density at radius 3 is 2.50 bits per heavy atom. The van der Waals surface area contributed by atoms with E-state index < -0.39 is 18.6 Å². The molecule has 1 heterocycles. The van der Waals surface area contributed by atoms with Gasteiger partial charge < -0.3 is 9.42 Å². The average Bonchev–Trinajstić information content (AvgIpc) is 2.71. The van der Waals surface area contributed by atoms with E-state index in [1.807, 2.05) is 0 Å². The lowest BCUT2D eigenvalue weighted by Crippen LogP contribution is -2.45. The molecule has 0 saturated heterocycles. The number of hydrogen-bond donors (Lipinski definition) is 0. The largest absolute Gasteiger partial charge is 0.406 e. The van der Waals surface area contributed by atoms with Crippen LogP contribution in [0.1, 0.15) is 25.3 Å². The fourth-order valence-corrected chi connectivity index (χ4v) is 2.07. The van der Waals surface area contributed by atoms with Gasteiger partial charge in [0.05, 0.1) is 12.2 Å². The quantitative estimate of drug-likeness (QED) is 0.774. The maximum atomic E-state index is 12.6. The van der Waals surface area contributed by atoms with Crippen LogP contribution in [-0.2, 0) is 11.3 Å². The van der Waals surface area contributed by atoms with Crippen LogP contribution in [0, 0.1) is 12.8 Å². The van der Waals surface area contributed by atoms with Crippen LogP contribution in [0.5, 0.6) is 0 Å². The van der Waals surface area contributed by atoms with E-state index in [2.05, 4.69) is 5.16 Å². The second-order valence-electron chi connectivity index (χ2n) is 5.88. The van der Waals surface area contributed by atoms with Gasteiger partial charge in [0.2, 0.25) is 5.91 Å². The third kappa shape index (κ3) is 6.93. The van der Waals surface area contributed by atoms with Crippen molar-refractivity contribution in [3.63, 3.8) is 0 Å². The van der Waals surface area contributed by atoms with E-state index in [9.17, 15) is 18.0 Å². The summed E-state index contributed by atoms with van der Waals surface area (Å²) in [5.74, 6) is 0.0665. The van der Waals surface area contributed by atoms with E-state index in [0.29, 0.717) is 18.0 Å². The fourth-order valence-electron chi connectivity index (χ4n) is 2.07. The molecule has 0 unspecified atom stereocenters. The zero-order valence-electron chi connectivity index (χ0n) is 13.3. The van der Waals surface area contributed by atoms with Crippen molar-refractivity contribution >= 4 is 5.91 Å². The lowest BCUT2D eigenvalue weighted by molar-refractivity contribution is -0.162. The Balaban J connectivity index is 2.60. The smallest absolute Gasteiger partial charge is 0.361 e. The summed E-state index contributed by atoms with van der Waals surface area (Å²) in [4.78, 5) is 14.6. The van der Waals surface area contributed by atoms with Gasteiger partial charge in [0.15, 0.2) is 0 Å². The predicted molar refractivity (Wildman–Crippen MR) is 75.0 cm³/mol. The molecule has 0 aliphatic carbocycles. The standard InChI is InChI=1S/C14H22F3N3O2/c1-10(2)6-20(9-14(15,16)17)13(21)8-19(4)7-12-5-11(3)22-18-12/h5,10H,6-9H2,1-4H3. The zero-order valence-corrected chi connectivity index (χ0v) is 13.3. The molecule has 0 aliphatic rings. The molecule has 0 bridgehead atoms. The number of halogens is 3. The Labute approximate surface area is 128 Å². The number of alkyl halides is 3. The highest BCUT2D eigenvalue weighted by molar-refractivity contribution is 5.78. The molecule has 1 aromatic heterocycles. The van der Waals surface area contributed by atoms with Crippen LogP contribution in [0.25, 0.3) is 0 Å². The van der Waals surface area contributed by atoms with Crippen LogP contribution in [0.4, 0.5) is 13.2 Å². The monoisotopic (exact) mass is 321 g/mol. The summed E-state index contributed by atoms with van der Waals surface area (Å²) in [5, 5.41) is 3.79. The molecule has 0 aliphatic heterocycles. The zero-order chi connectivity index (χ0) is 16.9. The van der Waals surface area contributed by atoms with Crippen molar-refractivity contribution in [3.05, 3.63) is 17.5 Å². The minimum Gasteiger partial charge on any atom is -0.361 e. The molecule has 8 heteroatoms. The third-order valence-electron chi connectivity index (χ3n) is 2.82. The molecule has 0 saturated carbocycles. The number of hydrogen-bond acceptors (Lipinski definition) is 4. The highest BCUT2D eigenvalue weighted by Crippen LogP contribution is 2.17. The highest BCUT2D eigenvalue weighted by Gasteiger charge is 2.33. The normalized spacial score (nSPS) is 12.2. The van der Waals surface area contributed by atoms with Gasteiger partial charge in [0, 0.05) is 19.2 Å². The van der Waals surface area contributed by atoms with E-state index in [1.54, 1.807) is 38.8 Å². The van der Waals surface area contributed by atoms with E-state index in [-0.39, 0.29) is 19.0 Å². The first-order valence-electron chi connectivity index (χ1n) is 7.02. The number of aromatic nitrogens is 1. The van der Waals surface area contributed by atoms with Gasteiger partial charge in [0.1, 0.15) is 12.3 Å². The molecular weight excluding hydrogens is 299 g/mol. The summed E-state index contributed by atoms with van der Waals surface area (Å²) >= 11 is 0. The van der Waals surface area contributed by atoms with Crippen LogP contribution in [0.15, 0.2) is 10.6 Å². The van der Waals surface area contributed by atoms with E-state index >= 15 is 0 Å². The summed E-state index contributed by atoms with van der Waals surface area (Å²) < 4.78 is 42.6. The molecule has 5 nitrogen and oxygen atoms in total. The van der Waals surface area contributed by atoms with Crippen molar-refractivity contribution in [2.75, 3.05) is 26.7 Å². The van der Waals surface area contributed by atoms with Gasteiger partial charge >= 0.3 is 6.18 Å². The Morgan fingerprint density at radius 1 is 1.41 bits per heavy atom. The predicted octanol–water partition coefficient (Wildman–Crippen LogP) is 2.46. The van der Waals surface area contributed by atoms with Crippen molar-refractivity contribution < 1.29 is 22.5 Å². The van der Waals surface area contributed by atoms with Crippen molar-refractivity contribution in [1.82, 2.24) is 15.0 Å². The molecule has 0 spiro atoms. The molecule has 0 atom stereocenters. The Bertz CT molecular complexity index is 486. The highest BCUT2D eigenvalue weighted by atomic mass is 19.4. The number of carbonyl (C=O) groups is 1. The molecule has 1 aromatic rings. The minimum atomic E-state index is -4.40. The summed E-state index contributed by atoms with van der Waals surface area (Å²) in [6.45, 7) is 4.39. The molecule has 22 heavy (non-hydrogen) atoms. The van der Waals surface area contributed by atoms with Gasteiger partial charge in [-0.1, -0.05) is 19.0 Å². The lowest BCUT2D eigenvalue weighted by atomic mass is 10.2. The number of likely N-dealkylation sites (N-methyl/N-ethyl adjacent to an activating group) is 1. The number of nitrogens with zero attached hydrogens (tertiary/aromatic N) is 3. The summed E-state index contributed by atoms with van der Waals surface area (Å²) in [6.07, 6.45) is -4.40. The Kier molecular flexibility index (Phi) is 6.40. The summed E-state index contributed by atoms with van der Waals surface area (Å²) in [6, 6.07) is 1.72. The van der Waals surface area contributed by atoms with Crippen molar-refractivity contribution in [2.45, 2.75) is 33.5 Å². The van der Waals surface area contributed by atoms with Crippen molar-refractivity contribution in [2.24, 2.45) is 5.92 Å². The van der Waals surface area contributed by atoms with Crippen LogP contribution < -0.4 is 0 Å². The maximum absolute atomic E-state index is 12.6. The average molecular weight is 321 g/mol. The molecule has 1 amide bonds. The van der Waals surface area contributed by atoms with Crippen molar-refractivity contribution in [1.29, 1.82) is 0 Å². The van der Waals surface area contributed by atoms with Crippen LogP contribution in [0.3, 0.4) is 0 Å². The summed E-state index contributed by atoms with van der Waals surface area (Å²) in [7, 11) is 1.66. The van der Waals surface area contributed by atoms with Gasteiger partial charge in [-0.15, -0.1) is 0 Å². The van der Waals surface area contributed by atoms with E-state index in [0.717, 1.165) is 4.90 Å². The number of rotatable bonds is 7. The topological polar surface area (TPSA) is 49.6 Å². The second-order valence-corrected chi connectivity index (χ2v) is 5.88. The maximum Gasteiger partial charge on any atom is 0.406 e. The van der Waals surface area contributed by atoms with Gasteiger partial charge in [-0.05, 0) is 19.9 Å². The van der Waals surface area contributed by atoms with Gasteiger partial charge in [-0.2, -0.15) is 13.2 Å². The molecule has 126 valence electrons. The molecule has 0 N–H and O–H groups in total. The van der Waals surface area contributed by atoms with Gasteiger partial charge in [-0.25, -0.2) is 0 Å². The molecular formula is C14H22F3N3O2. The number of amides is 1. The molecule has 1 rings (SSSR count). The Morgan fingerprint density at radius 2 is 2.05 bits per heavy atom. The minimum absolute atomic E-state index is 0.0326. The van der Waals surface area contributed by atoms with E-state index in [4.69, 9.17) is 4.52 Å². The lowest BCUT2D eigenvalue weighted by Gasteiger charge is -2.27. The van der Waals surface area contributed by atoms with Gasteiger partial charge in [-0.3, -0.25) is 9.69 Å². The molecule has 0 radical (unpaired) electrons. The second kappa shape index (κ2) is 7.62. The molecule has 0 aromatic carbocycles. The van der Waals surface area contributed by atoms with Crippen LogP contribution in [-0.4, -0.2) is 53.7 Å². The number of carbonyl (C=O) groups excluding carboxylic acids is 1. The molecule has 0 fully saturated rings. The third-order valence-corrected chi connectivity index (χ3v) is 2.82. The van der Waals surface area contributed by atoms with Gasteiger partial charge in [0.25, 0.3) is 0 Å². The SMILES string of the molecule is Cc1cc(CN(C)CC(=O)N(CC(C)C)CC(F)(F)F)no1. The first kappa shape index (κ1) is 18.5. The Hall–Kier alpha value is -1.57. The fraction of sp³-hybridized carbons (Fsp3) is 0.714. The first-order chi connectivity index (χ1) is 10.1. The number of aryl methyl sites for hydroxylation is 1. The first-order valence-corrected chi connectivity index (χ1v) is 7.02.